The van der Waals surface area contributed by atoms with Crippen molar-refractivity contribution < 1.29 is 37.5 Å². The van der Waals surface area contributed by atoms with Crippen molar-refractivity contribution in [2.75, 3.05) is 107 Å². The topological polar surface area (TPSA) is 86.2 Å². The van der Waals surface area contributed by atoms with Gasteiger partial charge in [0.2, 0.25) is 7.51 Å². The molecule has 0 spiro atoms. The molecule has 0 N–H and O–H groups in total. The Kier molecular flexibility index (Phi) is 19.6. The summed E-state index contributed by atoms with van der Waals surface area (Å²) >= 11 is 0. The molecule has 0 radical (unpaired) electrons. The Morgan fingerprint density at radius 3 is 1.15 bits per heavy atom. The first kappa shape index (κ1) is 25.9. The van der Waals surface area contributed by atoms with Crippen molar-refractivity contribution in [2.45, 2.75) is 0 Å². The van der Waals surface area contributed by atoms with Gasteiger partial charge in [0.1, 0.15) is 0 Å². The van der Waals surface area contributed by atoms with Crippen LogP contribution in [0.15, 0.2) is 4.74 Å². The number of methoxy groups -OCH3 is 2. The summed E-state index contributed by atoms with van der Waals surface area (Å²) in [5, 5.41) is 0. The fourth-order valence-electron chi connectivity index (χ4n) is 1.61. The minimum atomic E-state index is -2.22. The second-order valence-electron chi connectivity index (χ2n) is 5.10. The third-order valence-electron chi connectivity index (χ3n) is 3.09. The van der Waals surface area contributed by atoms with Gasteiger partial charge in [0.15, 0.2) is 0 Å². The molecule has 0 amide bonds. The van der Waals surface area contributed by atoms with E-state index >= 15 is 0 Å². The van der Waals surface area contributed by atoms with Gasteiger partial charge in [-0.1, -0.05) is 0 Å². The maximum absolute atomic E-state index is 5.74. The number of nitrogens with zero attached hydrogens (tertiary/aromatic N) is 1. The van der Waals surface area contributed by atoms with Gasteiger partial charge in [0.05, 0.1) is 79.3 Å². The summed E-state index contributed by atoms with van der Waals surface area (Å²) in [6.45, 7) is 8.10. The van der Waals surface area contributed by atoms with Crippen LogP contribution in [0.1, 0.15) is 0 Å². The van der Waals surface area contributed by atoms with Crippen LogP contribution in [0, 0.1) is 0 Å². The molecule has 158 valence electrons. The molecule has 26 heavy (non-hydrogen) atoms. The maximum Gasteiger partial charge on any atom is 0.209 e. The molecule has 9 nitrogen and oxygen atoms in total. The van der Waals surface area contributed by atoms with Crippen LogP contribution >= 0.6 is 7.51 Å². The Balaban J connectivity index is 3.53. The van der Waals surface area contributed by atoms with E-state index < -0.39 is 7.51 Å². The Morgan fingerprint density at radius 2 is 0.846 bits per heavy atom. The highest BCUT2D eigenvalue weighted by Gasteiger charge is 2.13. The fraction of sp³-hybridized carbons (Fsp3) is 1.00. The highest BCUT2D eigenvalue weighted by molar-refractivity contribution is 7.55. The van der Waals surface area contributed by atoms with Crippen molar-refractivity contribution in [1.29, 1.82) is 0 Å². The van der Waals surface area contributed by atoms with Crippen molar-refractivity contribution in [1.82, 2.24) is 0 Å². The van der Waals surface area contributed by atoms with Crippen LogP contribution in [-0.2, 0) is 37.5 Å². The van der Waals surface area contributed by atoms with Crippen molar-refractivity contribution in [3.63, 3.8) is 0 Å². The summed E-state index contributed by atoms with van der Waals surface area (Å²) in [4.78, 5) is 0. The molecule has 10 heteroatoms. The van der Waals surface area contributed by atoms with E-state index in [1.54, 1.807) is 21.3 Å². The Morgan fingerprint density at radius 1 is 0.538 bits per heavy atom. The maximum atomic E-state index is 5.74. The third-order valence-corrected chi connectivity index (χ3v) is 5.14. The van der Waals surface area contributed by atoms with Crippen molar-refractivity contribution in [3.8, 4) is 0 Å². The molecule has 0 aromatic carbocycles. The van der Waals surface area contributed by atoms with Crippen LogP contribution in [-0.4, -0.2) is 107 Å². The molecule has 0 saturated heterocycles. The average Bonchev–Trinajstić information content (AvgIpc) is 2.65. The number of rotatable bonds is 20. The molecule has 0 rings (SSSR count). The van der Waals surface area contributed by atoms with Crippen molar-refractivity contribution >= 4 is 7.51 Å². The summed E-state index contributed by atoms with van der Waals surface area (Å²) < 4.78 is 46.9. The Labute approximate surface area is 157 Å². The van der Waals surface area contributed by atoms with Gasteiger partial charge < -0.3 is 37.5 Å². The zero-order chi connectivity index (χ0) is 19.3. The van der Waals surface area contributed by atoms with Gasteiger partial charge in [0.25, 0.3) is 0 Å². The SMILES string of the molecule is CN=P(C)(OCCOCCOCCOC)OCCOCCOCCOC. The monoisotopic (exact) mass is 401 g/mol. The molecule has 0 saturated carbocycles. The minimum Gasteiger partial charge on any atom is -0.382 e. The van der Waals surface area contributed by atoms with E-state index in [1.165, 1.54) is 0 Å². The van der Waals surface area contributed by atoms with E-state index in [9.17, 15) is 0 Å². The second kappa shape index (κ2) is 19.7. The highest BCUT2D eigenvalue weighted by Crippen LogP contribution is 2.47. The van der Waals surface area contributed by atoms with Gasteiger partial charge >= 0.3 is 0 Å². The molecule has 0 atom stereocenters. The Hall–Kier alpha value is -0.0900. The highest BCUT2D eigenvalue weighted by atomic mass is 31.2. The van der Waals surface area contributed by atoms with E-state index in [1.807, 2.05) is 6.66 Å². The summed E-state index contributed by atoms with van der Waals surface area (Å²) in [5.41, 5.74) is 0. The van der Waals surface area contributed by atoms with Gasteiger partial charge in [-0.25, -0.2) is 0 Å². The van der Waals surface area contributed by atoms with Gasteiger partial charge in [0, 0.05) is 27.9 Å². The van der Waals surface area contributed by atoms with Gasteiger partial charge in [-0.05, 0) is 0 Å². The molecule has 0 aliphatic rings. The first-order valence-electron chi connectivity index (χ1n) is 8.74. The summed E-state index contributed by atoms with van der Waals surface area (Å²) in [5.74, 6) is 0. The summed E-state index contributed by atoms with van der Waals surface area (Å²) in [6, 6.07) is 0. The molecule has 0 unspecified atom stereocenters. The van der Waals surface area contributed by atoms with Crippen molar-refractivity contribution in [3.05, 3.63) is 0 Å². The molecule has 0 bridgehead atoms. The molecule has 0 fully saturated rings. The summed E-state index contributed by atoms with van der Waals surface area (Å²) in [7, 11) is 2.76. The lowest BCUT2D eigenvalue weighted by Gasteiger charge is -2.19. The predicted octanol–water partition coefficient (Wildman–Crippen LogP) is 1.67. The quantitative estimate of drug-likeness (QED) is 0.225. The van der Waals surface area contributed by atoms with E-state index in [0.717, 1.165) is 0 Å². The third kappa shape index (κ3) is 17.3. The molecular weight excluding hydrogens is 365 g/mol. The molecule has 0 aliphatic heterocycles. The van der Waals surface area contributed by atoms with E-state index in [4.69, 9.17) is 37.5 Å². The van der Waals surface area contributed by atoms with Crippen LogP contribution in [0.5, 0.6) is 0 Å². The van der Waals surface area contributed by atoms with Crippen LogP contribution in [0.3, 0.4) is 0 Å². The lowest BCUT2D eigenvalue weighted by atomic mass is 10.7. The summed E-state index contributed by atoms with van der Waals surface area (Å²) in [6.07, 6.45) is 0. The Bertz CT molecular complexity index is 320. The smallest absolute Gasteiger partial charge is 0.209 e. The molecule has 0 aromatic rings. The number of hydrogen-bond donors (Lipinski definition) is 0. The molecule has 0 aromatic heterocycles. The van der Waals surface area contributed by atoms with E-state index in [-0.39, 0.29) is 0 Å². The average molecular weight is 401 g/mol. The first-order valence-corrected chi connectivity index (χ1v) is 10.8. The number of ether oxygens (including phenoxy) is 6. The lowest BCUT2D eigenvalue weighted by Crippen LogP contribution is -2.12. The van der Waals surface area contributed by atoms with Crippen LogP contribution in [0.2, 0.25) is 0 Å². The van der Waals surface area contributed by atoms with Crippen LogP contribution < -0.4 is 0 Å². The van der Waals surface area contributed by atoms with Crippen molar-refractivity contribution in [2.24, 2.45) is 4.74 Å². The van der Waals surface area contributed by atoms with Crippen LogP contribution in [0.4, 0.5) is 0 Å². The normalized spacial score (nSPS) is 11.8. The molecule has 0 aliphatic carbocycles. The molecule has 0 heterocycles. The minimum absolute atomic E-state index is 0.424. The van der Waals surface area contributed by atoms with Crippen LogP contribution in [0.25, 0.3) is 0 Å². The van der Waals surface area contributed by atoms with Gasteiger partial charge in [-0.3, -0.25) is 4.74 Å². The van der Waals surface area contributed by atoms with Gasteiger partial charge in [-0.2, -0.15) is 0 Å². The molecular formula is C16H36NO8P. The predicted molar refractivity (Wildman–Crippen MR) is 100 cm³/mol. The fourth-order valence-corrected chi connectivity index (χ4v) is 2.74. The standard InChI is InChI=1S/C16H36NO8P/c1-17-26(4,24-15-13-22-11-9-20-7-5-18-2)25-16-14-23-12-10-21-8-6-19-3/h5-16H2,1-4H3. The second-order valence-corrected chi connectivity index (χ2v) is 7.63. The first-order chi connectivity index (χ1) is 12.7. The lowest BCUT2D eigenvalue weighted by molar-refractivity contribution is 0.0134. The zero-order valence-corrected chi connectivity index (χ0v) is 17.5. The van der Waals surface area contributed by atoms with Gasteiger partial charge in [-0.15, -0.1) is 0 Å². The number of hydrogen-bond acceptors (Lipinski definition) is 9. The van der Waals surface area contributed by atoms with E-state index in [0.29, 0.717) is 79.3 Å². The largest absolute Gasteiger partial charge is 0.382 e. The zero-order valence-electron chi connectivity index (χ0n) is 16.6. The van der Waals surface area contributed by atoms with E-state index in [2.05, 4.69) is 4.74 Å².